The van der Waals surface area contributed by atoms with Gasteiger partial charge < -0.3 is 14.2 Å². The fourth-order valence-electron chi connectivity index (χ4n) is 4.25. The molecule has 0 spiro atoms. The summed E-state index contributed by atoms with van der Waals surface area (Å²) in [5, 5.41) is 3.29. The Hall–Kier alpha value is -4.02. The van der Waals surface area contributed by atoms with Crippen molar-refractivity contribution >= 4 is 80.3 Å². The number of hydrogen-bond acceptors (Lipinski definition) is 6. The van der Waals surface area contributed by atoms with Crippen molar-refractivity contribution in [3.63, 3.8) is 0 Å². The van der Waals surface area contributed by atoms with Gasteiger partial charge in [0.1, 0.15) is 24.5 Å². The second-order valence-corrected chi connectivity index (χ2v) is 11.6. The molecule has 4 amide bonds. The lowest BCUT2D eigenvalue weighted by Crippen LogP contribution is -2.54. The number of methoxy groups -OCH3 is 1. The number of anilines is 1. The van der Waals surface area contributed by atoms with E-state index in [9.17, 15) is 14.4 Å². The van der Waals surface area contributed by atoms with Gasteiger partial charge in [0.05, 0.1) is 17.8 Å². The third-order valence-electron chi connectivity index (χ3n) is 6.47. The average Bonchev–Trinajstić information content (AvgIpc) is 2.99. The zero-order chi connectivity index (χ0) is 31.4. The van der Waals surface area contributed by atoms with E-state index in [4.69, 9.17) is 49.0 Å². The van der Waals surface area contributed by atoms with E-state index in [1.807, 2.05) is 24.3 Å². The van der Waals surface area contributed by atoms with Crippen molar-refractivity contribution in [2.45, 2.75) is 13.2 Å². The minimum absolute atomic E-state index is 0.0819. The molecule has 12 heteroatoms. The van der Waals surface area contributed by atoms with Crippen LogP contribution in [0.5, 0.6) is 17.2 Å². The van der Waals surface area contributed by atoms with Gasteiger partial charge in [0, 0.05) is 20.1 Å². The molecular weight excluding hydrogens is 695 g/mol. The molecule has 5 rings (SSSR count). The van der Waals surface area contributed by atoms with E-state index in [2.05, 4.69) is 21.2 Å². The van der Waals surface area contributed by atoms with Crippen LogP contribution < -0.4 is 24.4 Å². The van der Waals surface area contributed by atoms with Gasteiger partial charge in [0.15, 0.2) is 11.5 Å². The van der Waals surface area contributed by atoms with Crippen LogP contribution in [0.4, 0.5) is 10.5 Å². The number of carbonyl (C=O) groups excluding carboxylic acids is 3. The van der Waals surface area contributed by atoms with Gasteiger partial charge in [-0.2, -0.15) is 0 Å². The van der Waals surface area contributed by atoms with Gasteiger partial charge in [-0.3, -0.25) is 14.9 Å². The largest absolute Gasteiger partial charge is 0.493 e. The molecular formula is C32H22BrCl3N2O6. The number of nitrogens with one attached hydrogen (secondary N) is 1. The van der Waals surface area contributed by atoms with E-state index in [0.29, 0.717) is 33.5 Å². The molecule has 0 unspecified atom stereocenters. The number of nitrogens with zero attached hydrogens (tertiary/aromatic N) is 1. The van der Waals surface area contributed by atoms with Gasteiger partial charge >= 0.3 is 6.03 Å². The topological polar surface area (TPSA) is 94.2 Å². The molecule has 1 aliphatic rings. The van der Waals surface area contributed by atoms with E-state index >= 15 is 0 Å². The summed E-state index contributed by atoms with van der Waals surface area (Å²) in [6.07, 6.45) is 1.32. The molecule has 0 aromatic heterocycles. The first-order valence-electron chi connectivity index (χ1n) is 13.0. The second kappa shape index (κ2) is 13.7. The first-order chi connectivity index (χ1) is 21.1. The molecule has 4 aromatic carbocycles. The molecule has 0 aliphatic carbocycles. The summed E-state index contributed by atoms with van der Waals surface area (Å²) in [7, 11) is 1.43. The van der Waals surface area contributed by atoms with E-state index in [1.54, 1.807) is 48.5 Å². The lowest BCUT2D eigenvalue weighted by Gasteiger charge is -2.26. The number of benzene rings is 4. The molecule has 1 saturated heterocycles. The van der Waals surface area contributed by atoms with Crippen LogP contribution in [0, 0.1) is 0 Å². The summed E-state index contributed by atoms with van der Waals surface area (Å²) < 4.78 is 18.1. The smallest absolute Gasteiger partial charge is 0.335 e. The summed E-state index contributed by atoms with van der Waals surface area (Å²) in [5.41, 5.74) is 1.99. The standard InChI is InChI=1S/C32H22BrCl3N2O6/c1-42-28-14-19(13-27(36)29(28)44-17-20-4-7-22(34)15-26(20)35)12-25-30(39)37-32(41)38(31(25)40)23-8-10-24(11-9-23)43-16-18-2-5-21(33)6-3-18/h2-15H,16-17H2,1H3,(H,37,39,41)/b25-12+. The molecule has 8 nitrogen and oxygen atoms in total. The van der Waals surface area contributed by atoms with Crippen LogP contribution in [0.3, 0.4) is 0 Å². The Morgan fingerprint density at radius 1 is 0.841 bits per heavy atom. The highest BCUT2D eigenvalue weighted by Gasteiger charge is 2.37. The first kappa shape index (κ1) is 31.4. The van der Waals surface area contributed by atoms with Crippen molar-refractivity contribution in [3.8, 4) is 17.2 Å². The van der Waals surface area contributed by atoms with Crippen LogP contribution in [0.1, 0.15) is 16.7 Å². The van der Waals surface area contributed by atoms with Gasteiger partial charge in [0.2, 0.25) is 0 Å². The summed E-state index contributed by atoms with van der Waals surface area (Å²) in [4.78, 5) is 39.7. The van der Waals surface area contributed by atoms with Crippen LogP contribution in [0.25, 0.3) is 6.08 Å². The third kappa shape index (κ3) is 7.19. The number of amides is 4. The number of ether oxygens (including phenoxy) is 3. The lowest BCUT2D eigenvalue weighted by atomic mass is 10.1. The first-order valence-corrected chi connectivity index (χ1v) is 14.9. The Bertz CT molecular complexity index is 1780. The van der Waals surface area contributed by atoms with Crippen molar-refractivity contribution in [1.82, 2.24) is 5.32 Å². The summed E-state index contributed by atoms with van der Waals surface area (Å²) >= 11 is 22.1. The van der Waals surface area contributed by atoms with Gasteiger partial charge in [-0.1, -0.05) is 68.9 Å². The lowest BCUT2D eigenvalue weighted by molar-refractivity contribution is -0.122. The van der Waals surface area contributed by atoms with E-state index in [0.717, 1.165) is 14.9 Å². The third-order valence-corrected chi connectivity index (χ3v) is 7.86. The number of imide groups is 2. The Balaban J connectivity index is 1.34. The van der Waals surface area contributed by atoms with E-state index < -0.39 is 17.8 Å². The SMILES string of the molecule is COc1cc(/C=C2\C(=O)NC(=O)N(c3ccc(OCc4ccc(Br)cc4)cc3)C2=O)cc(Cl)c1OCc1ccc(Cl)cc1Cl. The normalized spacial score (nSPS) is 14.1. The second-order valence-electron chi connectivity index (χ2n) is 9.43. The van der Waals surface area contributed by atoms with Crippen molar-refractivity contribution in [2.24, 2.45) is 0 Å². The number of urea groups is 1. The van der Waals surface area contributed by atoms with E-state index in [1.165, 1.54) is 19.3 Å². The maximum absolute atomic E-state index is 13.4. The van der Waals surface area contributed by atoms with Crippen molar-refractivity contribution in [1.29, 1.82) is 0 Å². The average molecular weight is 717 g/mol. The molecule has 44 heavy (non-hydrogen) atoms. The molecule has 0 saturated carbocycles. The van der Waals surface area contributed by atoms with E-state index in [-0.39, 0.29) is 34.4 Å². The Kier molecular flexibility index (Phi) is 9.80. The molecule has 1 fully saturated rings. The molecule has 0 atom stereocenters. The summed E-state index contributed by atoms with van der Waals surface area (Å²) in [6, 6.07) is 21.3. The molecule has 224 valence electrons. The molecule has 0 bridgehead atoms. The molecule has 1 heterocycles. The highest BCUT2D eigenvalue weighted by molar-refractivity contribution is 9.10. The molecule has 1 N–H and O–H groups in total. The Labute approximate surface area is 276 Å². The van der Waals surface area contributed by atoms with Crippen LogP contribution in [-0.4, -0.2) is 25.0 Å². The highest BCUT2D eigenvalue weighted by atomic mass is 79.9. The van der Waals surface area contributed by atoms with Crippen molar-refractivity contribution in [2.75, 3.05) is 12.0 Å². The minimum Gasteiger partial charge on any atom is -0.493 e. The number of barbiturate groups is 1. The maximum Gasteiger partial charge on any atom is 0.335 e. The molecule has 0 radical (unpaired) electrons. The number of rotatable bonds is 9. The van der Waals surface area contributed by atoms with Crippen LogP contribution in [0.15, 0.2) is 88.9 Å². The number of hydrogen-bond donors (Lipinski definition) is 1. The molecule has 4 aromatic rings. The zero-order valence-corrected chi connectivity index (χ0v) is 26.8. The Morgan fingerprint density at radius 3 is 2.25 bits per heavy atom. The Morgan fingerprint density at radius 2 is 1.57 bits per heavy atom. The quantitative estimate of drug-likeness (QED) is 0.139. The van der Waals surface area contributed by atoms with Gasteiger partial charge in [0.25, 0.3) is 11.8 Å². The number of carbonyl (C=O) groups is 3. The van der Waals surface area contributed by atoms with Crippen LogP contribution >= 0.6 is 50.7 Å². The van der Waals surface area contributed by atoms with Crippen molar-refractivity contribution < 1.29 is 28.6 Å². The fourth-order valence-corrected chi connectivity index (χ4v) is 5.25. The zero-order valence-electron chi connectivity index (χ0n) is 22.9. The molecule has 1 aliphatic heterocycles. The predicted octanol–water partition coefficient (Wildman–Crippen LogP) is 8.24. The summed E-state index contributed by atoms with van der Waals surface area (Å²) in [6.45, 7) is 0.417. The van der Waals surface area contributed by atoms with Crippen LogP contribution in [0.2, 0.25) is 15.1 Å². The monoisotopic (exact) mass is 714 g/mol. The number of halogens is 4. The maximum atomic E-state index is 13.4. The van der Waals surface area contributed by atoms with Crippen molar-refractivity contribution in [3.05, 3.63) is 121 Å². The van der Waals surface area contributed by atoms with Gasteiger partial charge in [-0.25, -0.2) is 9.69 Å². The predicted molar refractivity (Wildman–Crippen MR) is 173 cm³/mol. The minimum atomic E-state index is -0.874. The highest BCUT2D eigenvalue weighted by Crippen LogP contribution is 2.38. The van der Waals surface area contributed by atoms with Gasteiger partial charge in [-0.05, 0) is 77.9 Å². The van der Waals surface area contributed by atoms with Crippen LogP contribution in [-0.2, 0) is 22.8 Å². The fraction of sp³-hybridized carbons (Fsp3) is 0.0938. The summed E-state index contributed by atoms with van der Waals surface area (Å²) in [5.74, 6) is -0.630. The van der Waals surface area contributed by atoms with Gasteiger partial charge in [-0.15, -0.1) is 0 Å².